The van der Waals surface area contributed by atoms with Crippen molar-refractivity contribution < 1.29 is 4.79 Å². The Morgan fingerprint density at radius 3 is 2.55 bits per heavy atom. The van der Waals surface area contributed by atoms with E-state index in [4.69, 9.17) is 23.2 Å². The Morgan fingerprint density at radius 2 is 1.91 bits per heavy atom. The molecule has 0 bridgehead atoms. The van der Waals surface area contributed by atoms with Crippen LogP contribution >= 0.6 is 23.2 Å². The molecule has 22 heavy (non-hydrogen) atoms. The Hall–Kier alpha value is -0.770. The number of hydrogen-bond acceptors (Lipinski definition) is 2. The van der Waals surface area contributed by atoms with Crippen molar-refractivity contribution >= 4 is 29.1 Å². The molecule has 3 nitrogen and oxygen atoms in total. The molecule has 1 heterocycles. The summed E-state index contributed by atoms with van der Waals surface area (Å²) in [7, 11) is 0. The summed E-state index contributed by atoms with van der Waals surface area (Å²) < 4.78 is 0. The van der Waals surface area contributed by atoms with E-state index in [2.05, 4.69) is 5.32 Å². The van der Waals surface area contributed by atoms with Crippen LogP contribution in [0.25, 0.3) is 0 Å². The quantitative estimate of drug-likeness (QED) is 0.889. The molecule has 1 saturated heterocycles. The molecule has 0 aromatic heterocycles. The van der Waals surface area contributed by atoms with Crippen molar-refractivity contribution in [3.8, 4) is 0 Å². The highest BCUT2D eigenvalue weighted by atomic mass is 35.5. The normalized spacial score (nSPS) is 19.5. The lowest BCUT2D eigenvalue weighted by atomic mass is 10.0. The van der Waals surface area contributed by atoms with Gasteiger partial charge in [0.05, 0.1) is 6.42 Å². The molecule has 1 amide bonds. The van der Waals surface area contributed by atoms with Crippen LogP contribution in [0, 0.1) is 5.92 Å². The van der Waals surface area contributed by atoms with Gasteiger partial charge in [-0.3, -0.25) is 4.79 Å². The first-order valence-electron chi connectivity index (χ1n) is 8.07. The second-order valence-electron chi connectivity index (χ2n) is 6.42. The Bertz CT molecular complexity index is 537. The van der Waals surface area contributed by atoms with Gasteiger partial charge in [-0.15, -0.1) is 0 Å². The fourth-order valence-corrected chi connectivity index (χ4v) is 3.40. The molecule has 3 rings (SSSR count). The highest BCUT2D eigenvalue weighted by Gasteiger charge is 2.26. The number of carbonyl (C=O) groups excluding carboxylic acids is 1. The predicted octanol–water partition coefficient (Wildman–Crippen LogP) is 3.53. The fourth-order valence-electron chi connectivity index (χ4n) is 2.93. The summed E-state index contributed by atoms with van der Waals surface area (Å²) in [5.74, 6) is 1.07. The molecule has 1 N–H and O–H groups in total. The minimum absolute atomic E-state index is 0.157. The van der Waals surface area contributed by atoms with Gasteiger partial charge in [0.2, 0.25) is 5.91 Å². The fraction of sp³-hybridized carbons (Fsp3) is 0.588. The summed E-state index contributed by atoms with van der Waals surface area (Å²) in [5, 5.41) is 4.81. The summed E-state index contributed by atoms with van der Waals surface area (Å²) in [4.78, 5) is 14.4. The highest BCUT2D eigenvalue weighted by molar-refractivity contribution is 6.35. The van der Waals surface area contributed by atoms with E-state index in [0.717, 1.165) is 44.0 Å². The van der Waals surface area contributed by atoms with Crippen molar-refractivity contribution in [3.05, 3.63) is 33.8 Å². The Morgan fingerprint density at radius 1 is 1.18 bits per heavy atom. The number of carbonyl (C=O) groups is 1. The van der Waals surface area contributed by atoms with Gasteiger partial charge in [0.15, 0.2) is 0 Å². The zero-order chi connectivity index (χ0) is 15.5. The summed E-state index contributed by atoms with van der Waals surface area (Å²) in [6.07, 6.45) is 5.22. The number of nitrogens with one attached hydrogen (secondary N) is 1. The molecule has 0 radical (unpaired) electrons. The van der Waals surface area contributed by atoms with Gasteiger partial charge >= 0.3 is 0 Å². The van der Waals surface area contributed by atoms with Crippen molar-refractivity contribution in [1.29, 1.82) is 0 Å². The summed E-state index contributed by atoms with van der Waals surface area (Å²) in [6, 6.07) is 5.89. The van der Waals surface area contributed by atoms with Gasteiger partial charge in [-0.1, -0.05) is 29.3 Å². The third kappa shape index (κ3) is 4.37. The largest absolute Gasteiger partial charge is 0.342 e. The zero-order valence-electron chi connectivity index (χ0n) is 12.7. The highest BCUT2D eigenvalue weighted by Crippen LogP contribution is 2.28. The van der Waals surface area contributed by atoms with Crippen LogP contribution in [0.2, 0.25) is 10.0 Å². The first-order valence-corrected chi connectivity index (χ1v) is 8.82. The van der Waals surface area contributed by atoms with Gasteiger partial charge in [0, 0.05) is 29.2 Å². The van der Waals surface area contributed by atoms with Gasteiger partial charge in [-0.05, 0) is 55.8 Å². The molecule has 120 valence electrons. The Balaban J connectivity index is 1.46. The number of hydrogen-bond donors (Lipinski definition) is 1. The molecular formula is C17H22Cl2N2O. The standard InChI is InChI=1S/C17H22Cl2N2O/c18-14-4-3-13(16(19)10-14)9-17(22)21-7-5-15(6-8-21)20-11-12-1-2-12/h3-4,10,12,15,20H,1-2,5-9,11H2. The van der Waals surface area contributed by atoms with E-state index in [-0.39, 0.29) is 5.91 Å². The molecule has 0 spiro atoms. The van der Waals surface area contributed by atoms with E-state index < -0.39 is 0 Å². The van der Waals surface area contributed by atoms with Crippen molar-refractivity contribution in [3.63, 3.8) is 0 Å². The summed E-state index contributed by atoms with van der Waals surface area (Å²) in [6.45, 7) is 2.83. The first-order chi connectivity index (χ1) is 10.6. The SMILES string of the molecule is O=C(Cc1ccc(Cl)cc1Cl)N1CCC(NCC2CC2)CC1. The lowest BCUT2D eigenvalue weighted by Gasteiger charge is -2.32. The summed E-state index contributed by atoms with van der Waals surface area (Å²) >= 11 is 12.0. The number of benzene rings is 1. The average molecular weight is 341 g/mol. The minimum Gasteiger partial charge on any atom is -0.342 e. The Kier molecular flexibility index (Phi) is 5.27. The molecule has 0 unspecified atom stereocenters. The molecule has 1 aromatic rings. The molecule has 5 heteroatoms. The van der Waals surface area contributed by atoms with Crippen LogP contribution in [-0.4, -0.2) is 36.5 Å². The maximum atomic E-state index is 12.4. The van der Waals surface area contributed by atoms with E-state index in [0.29, 0.717) is 22.5 Å². The molecule has 0 atom stereocenters. The third-order valence-corrected chi connectivity index (χ3v) is 5.18. The second-order valence-corrected chi connectivity index (χ2v) is 7.26. The number of rotatable bonds is 5. The van der Waals surface area contributed by atoms with Crippen LogP contribution in [0.3, 0.4) is 0 Å². The molecule has 1 aromatic carbocycles. The molecular weight excluding hydrogens is 319 g/mol. The molecule has 2 aliphatic rings. The number of likely N-dealkylation sites (tertiary alicyclic amines) is 1. The monoisotopic (exact) mass is 340 g/mol. The smallest absolute Gasteiger partial charge is 0.227 e. The maximum Gasteiger partial charge on any atom is 0.227 e. The molecule has 1 saturated carbocycles. The Labute approximate surface area is 142 Å². The van der Waals surface area contributed by atoms with E-state index in [9.17, 15) is 4.79 Å². The number of halogens is 2. The number of amides is 1. The lowest BCUT2D eigenvalue weighted by Crippen LogP contribution is -2.45. The van der Waals surface area contributed by atoms with Gasteiger partial charge in [0.1, 0.15) is 0 Å². The predicted molar refractivity (Wildman–Crippen MR) is 90.5 cm³/mol. The van der Waals surface area contributed by atoms with E-state index in [1.807, 2.05) is 11.0 Å². The zero-order valence-corrected chi connectivity index (χ0v) is 14.2. The molecule has 1 aliphatic heterocycles. The second kappa shape index (κ2) is 7.20. The van der Waals surface area contributed by atoms with Gasteiger partial charge in [0.25, 0.3) is 0 Å². The first kappa shape index (κ1) is 16.1. The van der Waals surface area contributed by atoms with Crippen LogP contribution in [0.5, 0.6) is 0 Å². The van der Waals surface area contributed by atoms with Crippen LogP contribution in [0.1, 0.15) is 31.2 Å². The van der Waals surface area contributed by atoms with Crippen molar-refractivity contribution in [2.75, 3.05) is 19.6 Å². The van der Waals surface area contributed by atoms with Gasteiger partial charge < -0.3 is 10.2 Å². The number of piperidine rings is 1. The van der Waals surface area contributed by atoms with Crippen LogP contribution in [-0.2, 0) is 11.2 Å². The van der Waals surface area contributed by atoms with Crippen molar-refractivity contribution in [1.82, 2.24) is 10.2 Å². The van der Waals surface area contributed by atoms with Crippen LogP contribution < -0.4 is 5.32 Å². The van der Waals surface area contributed by atoms with E-state index >= 15 is 0 Å². The summed E-state index contributed by atoms with van der Waals surface area (Å²) in [5.41, 5.74) is 0.852. The minimum atomic E-state index is 0.157. The molecule has 2 fully saturated rings. The van der Waals surface area contributed by atoms with Crippen LogP contribution in [0.4, 0.5) is 0 Å². The van der Waals surface area contributed by atoms with Gasteiger partial charge in [-0.2, -0.15) is 0 Å². The van der Waals surface area contributed by atoms with Crippen molar-refractivity contribution in [2.24, 2.45) is 5.92 Å². The maximum absolute atomic E-state index is 12.4. The van der Waals surface area contributed by atoms with Gasteiger partial charge in [-0.25, -0.2) is 0 Å². The lowest BCUT2D eigenvalue weighted by molar-refractivity contribution is -0.131. The number of nitrogens with zero attached hydrogens (tertiary/aromatic N) is 1. The average Bonchev–Trinajstić information content (AvgIpc) is 3.33. The van der Waals surface area contributed by atoms with E-state index in [1.54, 1.807) is 12.1 Å². The third-order valence-electron chi connectivity index (χ3n) is 4.60. The van der Waals surface area contributed by atoms with E-state index in [1.165, 1.54) is 12.8 Å². The molecule has 1 aliphatic carbocycles. The van der Waals surface area contributed by atoms with Crippen LogP contribution in [0.15, 0.2) is 18.2 Å². The van der Waals surface area contributed by atoms with Crippen molar-refractivity contribution in [2.45, 2.75) is 38.1 Å². The topological polar surface area (TPSA) is 32.3 Å².